The summed E-state index contributed by atoms with van der Waals surface area (Å²) in [5, 5.41) is 17.3. The molecule has 1 amide bonds. The SMILES string of the molecule is Cc1nn(C)c(C)c1C(=O)NCC(C)(C)C(O)C(C)C. The summed E-state index contributed by atoms with van der Waals surface area (Å²) in [6.45, 7) is 12.0. The van der Waals surface area contributed by atoms with Crippen LogP contribution in [0.15, 0.2) is 0 Å². The van der Waals surface area contributed by atoms with E-state index in [1.165, 1.54) is 0 Å². The minimum absolute atomic E-state index is 0.128. The van der Waals surface area contributed by atoms with Gasteiger partial charge >= 0.3 is 0 Å². The van der Waals surface area contributed by atoms with Crippen molar-refractivity contribution in [3.05, 3.63) is 17.0 Å². The number of hydrogen-bond acceptors (Lipinski definition) is 3. The number of carbonyl (C=O) groups excluding carboxylic acids is 1. The molecule has 0 spiro atoms. The van der Waals surface area contributed by atoms with E-state index in [-0.39, 0.29) is 17.2 Å². The minimum Gasteiger partial charge on any atom is -0.392 e. The highest BCUT2D eigenvalue weighted by atomic mass is 16.3. The summed E-state index contributed by atoms with van der Waals surface area (Å²) < 4.78 is 1.71. The van der Waals surface area contributed by atoms with Crippen molar-refractivity contribution in [3.8, 4) is 0 Å². The molecular formula is C15H27N3O2. The number of nitrogens with one attached hydrogen (secondary N) is 1. The van der Waals surface area contributed by atoms with E-state index in [4.69, 9.17) is 0 Å². The van der Waals surface area contributed by atoms with Crippen LogP contribution in [0.1, 0.15) is 49.4 Å². The Hall–Kier alpha value is -1.36. The molecule has 2 N–H and O–H groups in total. The highest BCUT2D eigenvalue weighted by Crippen LogP contribution is 2.25. The smallest absolute Gasteiger partial charge is 0.255 e. The normalized spacial score (nSPS) is 13.7. The number of aliphatic hydroxyl groups excluding tert-OH is 1. The van der Waals surface area contributed by atoms with Crippen LogP contribution in [-0.4, -0.2) is 33.4 Å². The lowest BCUT2D eigenvalue weighted by Gasteiger charge is -2.33. The fourth-order valence-corrected chi connectivity index (χ4v) is 2.51. The van der Waals surface area contributed by atoms with Gasteiger partial charge in [-0.15, -0.1) is 0 Å². The van der Waals surface area contributed by atoms with E-state index in [2.05, 4.69) is 10.4 Å². The summed E-state index contributed by atoms with van der Waals surface area (Å²) in [4.78, 5) is 12.3. The van der Waals surface area contributed by atoms with Gasteiger partial charge in [0.25, 0.3) is 5.91 Å². The summed E-state index contributed by atoms with van der Waals surface area (Å²) in [7, 11) is 1.82. The maximum absolute atomic E-state index is 12.3. The van der Waals surface area contributed by atoms with Crippen molar-refractivity contribution in [1.29, 1.82) is 0 Å². The summed E-state index contributed by atoms with van der Waals surface area (Å²) in [5.74, 6) is 0.0286. The second-order valence-corrected chi connectivity index (χ2v) is 6.53. The van der Waals surface area contributed by atoms with Gasteiger partial charge in [0.15, 0.2) is 0 Å². The van der Waals surface area contributed by atoms with Crippen LogP contribution in [0.2, 0.25) is 0 Å². The molecule has 114 valence electrons. The average molecular weight is 281 g/mol. The molecule has 0 aromatic carbocycles. The Balaban J connectivity index is 2.77. The zero-order valence-electron chi connectivity index (χ0n) is 13.6. The van der Waals surface area contributed by atoms with Gasteiger partial charge in [0.05, 0.1) is 17.4 Å². The molecule has 0 radical (unpaired) electrons. The van der Waals surface area contributed by atoms with Gasteiger partial charge in [0, 0.05) is 24.7 Å². The van der Waals surface area contributed by atoms with Crippen LogP contribution in [-0.2, 0) is 7.05 Å². The van der Waals surface area contributed by atoms with Gasteiger partial charge in [0.1, 0.15) is 0 Å². The fourth-order valence-electron chi connectivity index (χ4n) is 2.51. The van der Waals surface area contributed by atoms with Crippen molar-refractivity contribution in [1.82, 2.24) is 15.1 Å². The van der Waals surface area contributed by atoms with Gasteiger partial charge in [-0.3, -0.25) is 9.48 Å². The molecule has 0 saturated carbocycles. The quantitative estimate of drug-likeness (QED) is 0.865. The lowest BCUT2D eigenvalue weighted by atomic mass is 9.80. The van der Waals surface area contributed by atoms with Crippen molar-refractivity contribution in [2.24, 2.45) is 18.4 Å². The Labute approximate surface area is 121 Å². The van der Waals surface area contributed by atoms with Crippen LogP contribution < -0.4 is 5.32 Å². The summed E-state index contributed by atoms with van der Waals surface area (Å²) in [6, 6.07) is 0. The zero-order valence-corrected chi connectivity index (χ0v) is 13.6. The number of aryl methyl sites for hydroxylation is 2. The van der Waals surface area contributed by atoms with Crippen LogP contribution in [0.5, 0.6) is 0 Å². The first kappa shape index (κ1) is 16.7. The maximum Gasteiger partial charge on any atom is 0.255 e. The van der Waals surface area contributed by atoms with Crippen molar-refractivity contribution in [2.75, 3.05) is 6.54 Å². The maximum atomic E-state index is 12.3. The number of hydrogen-bond donors (Lipinski definition) is 2. The molecule has 0 aliphatic heterocycles. The van der Waals surface area contributed by atoms with E-state index in [0.29, 0.717) is 12.1 Å². The molecule has 1 heterocycles. The molecule has 0 fully saturated rings. The third-order valence-corrected chi connectivity index (χ3v) is 3.87. The number of nitrogens with zero attached hydrogens (tertiary/aromatic N) is 2. The largest absolute Gasteiger partial charge is 0.392 e. The number of aliphatic hydroxyl groups is 1. The third kappa shape index (κ3) is 3.39. The van der Waals surface area contributed by atoms with E-state index in [1.54, 1.807) is 4.68 Å². The second-order valence-electron chi connectivity index (χ2n) is 6.53. The molecule has 1 unspecified atom stereocenters. The number of carbonyl (C=O) groups is 1. The molecule has 0 saturated heterocycles. The third-order valence-electron chi connectivity index (χ3n) is 3.87. The van der Waals surface area contributed by atoms with Gasteiger partial charge in [0.2, 0.25) is 0 Å². The summed E-state index contributed by atoms with van der Waals surface area (Å²) in [5.41, 5.74) is 1.84. The highest BCUT2D eigenvalue weighted by molar-refractivity contribution is 5.96. The van der Waals surface area contributed by atoms with E-state index in [1.807, 2.05) is 48.6 Å². The Morgan fingerprint density at radius 1 is 1.40 bits per heavy atom. The molecular weight excluding hydrogens is 254 g/mol. The standard InChI is InChI=1S/C15H27N3O2/c1-9(2)13(19)15(5,6)8-16-14(20)12-10(3)17-18(7)11(12)4/h9,13,19H,8H2,1-7H3,(H,16,20). The summed E-state index contributed by atoms with van der Waals surface area (Å²) in [6.07, 6.45) is -0.459. The minimum atomic E-state index is -0.459. The molecule has 0 aliphatic carbocycles. The van der Waals surface area contributed by atoms with Crippen molar-refractivity contribution in [2.45, 2.75) is 47.6 Å². The predicted molar refractivity (Wildman–Crippen MR) is 79.6 cm³/mol. The topological polar surface area (TPSA) is 67.2 Å². The fraction of sp³-hybridized carbons (Fsp3) is 0.733. The number of rotatable bonds is 5. The van der Waals surface area contributed by atoms with Crippen LogP contribution in [0.25, 0.3) is 0 Å². The van der Waals surface area contributed by atoms with Crippen LogP contribution in [0.3, 0.4) is 0 Å². The van der Waals surface area contributed by atoms with E-state index >= 15 is 0 Å². The van der Waals surface area contributed by atoms with Crippen molar-refractivity contribution in [3.63, 3.8) is 0 Å². The Kier molecular flexibility index (Phi) is 4.97. The lowest BCUT2D eigenvalue weighted by molar-refractivity contribution is 0.0138. The average Bonchev–Trinajstić information content (AvgIpc) is 2.59. The van der Waals surface area contributed by atoms with E-state index in [0.717, 1.165) is 11.4 Å². The highest BCUT2D eigenvalue weighted by Gasteiger charge is 2.31. The first-order valence-electron chi connectivity index (χ1n) is 7.04. The molecule has 1 aromatic heterocycles. The Morgan fingerprint density at radius 3 is 2.35 bits per heavy atom. The van der Waals surface area contributed by atoms with Gasteiger partial charge in [-0.2, -0.15) is 5.10 Å². The van der Waals surface area contributed by atoms with Gasteiger partial charge in [-0.05, 0) is 19.8 Å². The van der Waals surface area contributed by atoms with Crippen molar-refractivity contribution < 1.29 is 9.90 Å². The predicted octanol–water partition coefficient (Wildman–Crippen LogP) is 1.81. The van der Waals surface area contributed by atoms with E-state index in [9.17, 15) is 9.90 Å². The molecule has 0 aliphatic rings. The van der Waals surface area contributed by atoms with Crippen LogP contribution in [0.4, 0.5) is 0 Å². The van der Waals surface area contributed by atoms with Gasteiger partial charge in [-0.25, -0.2) is 0 Å². The first-order valence-corrected chi connectivity index (χ1v) is 7.04. The molecule has 5 nitrogen and oxygen atoms in total. The van der Waals surface area contributed by atoms with Crippen LogP contribution >= 0.6 is 0 Å². The van der Waals surface area contributed by atoms with Crippen LogP contribution in [0, 0.1) is 25.2 Å². The molecule has 1 aromatic rings. The zero-order chi connectivity index (χ0) is 15.7. The molecule has 1 rings (SSSR count). The molecule has 0 bridgehead atoms. The lowest BCUT2D eigenvalue weighted by Crippen LogP contribution is -2.43. The Morgan fingerprint density at radius 2 is 1.95 bits per heavy atom. The molecule has 20 heavy (non-hydrogen) atoms. The second kappa shape index (κ2) is 5.95. The molecule has 1 atom stereocenters. The van der Waals surface area contributed by atoms with Gasteiger partial charge < -0.3 is 10.4 Å². The summed E-state index contributed by atoms with van der Waals surface area (Å²) >= 11 is 0. The van der Waals surface area contributed by atoms with E-state index < -0.39 is 6.10 Å². The van der Waals surface area contributed by atoms with Crippen molar-refractivity contribution >= 4 is 5.91 Å². The number of amides is 1. The van der Waals surface area contributed by atoms with Gasteiger partial charge in [-0.1, -0.05) is 27.7 Å². The monoisotopic (exact) mass is 281 g/mol. The first-order chi connectivity index (χ1) is 9.08. The Bertz CT molecular complexity index is 490. The number of aromatic nitrogens is 2. The molecule has 5 heteroatoms.